The number of nitrogens with one attached hydrogen (secondary N) is 1. The van der Waals surface area contributed by atoms with Gasteiger partial charge in [0.05, 0.1) is 11.6 Å². The fourth-order valence-electron chi connectivity index (χ4n) is 3.22. The van der Waals surface area contributed by atoms with Crippen LogP contribution < -0.4 is 5.32 Å². The molecule has 1 aliphatic rings. The van der Waals surface area contributed by atoms with Crippen LogP contribution in [-0.4, -0.2) is 34.4 Å². The standard InChI is InChI=1S/C20H17F4N3O2/c1-12(14-8-4-3-5-9-14)27-13(2)25-19(18(27)29,20(22,23)24)26-17(28)15-10-6-7-11-16(15)21/h3-12H,1-2H3,(H,26,28). The summed E-state index contributed by atoms with van der Waals surface area (Å²) in [5.74, 6) is -4.07. The molecule has 2 unspecified atom stereocenters. The van der Waals surface area contributed by atoms with Crippen molar-refractivity contribution in [3.8, 4) is 0 Å². The van der Waals surface area contributed by atoms with Crippen molar-refractivity contribution in [2.75, 3.05) is 0 Å². The first kappa shape index (κ1) is 20.5. The van der Waals surface area contributed by atoms with Gasteiger partial charge in [0.1, 0.15) is 11.7 Å². The lowest BCUT2D eigenvalue weighted by Gasteiger charge is -2.31. The number of amidine groups is 1. The van der Waals surface area contributed by atoms with Crippen LogP contribution in [-0.2, 0) is 4.79 Å². The Morgan fingerprint density at radius 1 is 1.10 bits per heavy atom. The van der Waals surface area contributed by atoms with Crippen molar-refractivity contribution in [1.82, 2.24) is 10.2 Å². The van der Waals surface area contributed by atoms with E-state index in [1.165, 1.54) is 19.1 Å². The van der Waals surface area contributed by atoms with Crippen LogP contribution in [0.25, 0.3) is 0 Å². The highest BCUT2D eigenvalue weighted by molar-refractivity contribution is 6.10. The lowest BCUT2D eigenvalue weighted by molar-refractivity contribution is -0.196. The van der Waals surface area contributed by atoms with Crippen molar-refractivity contribution in [3.63, 3.8) is 0 Å². The topological polar surface area (TPSA) is 61.8 Å². The van der Waals surface area contributed by atoms with Crippen LogP contribution >= 0.6 is 0 Å². The van der Waals surface area contributed by atoms with E-state index >= 15 is 0 Å². The Bertz CT molecular complexity index is 975. The molecule has 0 saturated carbocycles. The first-order valence-corrected chi connectivity index (χ1v) is 8.67. The summed E-state index contributed by atoms with van der Waals surface area (Å²) in [4.78, 5) is 29.7. The van der Waals surface area contributed by atoms with Gasteiger partial charge >= 0.3 is 11.8 Å². The van der Waals surface area contributed by atoms with E-state index in [9.17, 15) is 27.2 Å². The lowest BCUT2D eigenvalue weighted by Crippen LogP contribution is -2.63. The number of aliphatic imine (C=N–C) groups is 1. The minimum atomic E-state index is -5.24. The predicted octanol–water partition coefficient (Wildman–Crippen LogP) is 3.84. The molecule has 152 valence electrons. The summed E-state index contributed by atoms with van der Waals surface area (Å²) in [5, 5.41) is 1.62. The van der Waals surface area contributed by atoms with Gasteiger partial charge in [-0.2, -0.15) is 13.2 Å². The van der Waals surface area contributed by atoms with Crippen LogP contribution in [0.5, 0.6) is 0 Å². The molecule has 0 bridgehead atoms. The number of rotatable bonds is 4. The van der Waals surface area contributed by atoms with Gasteiger partial charge in [-0.15, -0.1) is 0 Å². The van der Waals surface area contributed by atoms with Crippen LogP contribution in [0.1, 0.15) is 35.8 Å². The highest BCUT2D eigenvalue weighted by atomic mass is 19.4. The van der Waals surface area contributed by atoms with Crippen LogP contribution in [0.4, 0.5) is 17.6 Å². The average molecular weight is 407 g/mol. The van der Waals surface area contributed by atoms with Crippen molar-refractivity contribution in [1.29, 1.82) is 0 Å². The number of carbonyl (C=O) groups excluding carboxylic acids is 2. The lowest BCUT2D eigenvalue weighted by atomic mass is 10.0. The van der Waals surface area contributed by atoms with E-state index in [0.717, 1.165) is 17.0 Å². The monoisotopic (exact) mass is 407 g/mol. The van der Waals surface area contributed by atoms with E-state index in [2.05, 4.69) is 4.99 Å². The number of amides is 2. The maximum atomic E-state index is 14.0. The summed E-state index contributed by atoms with van der Waals surface area (Å²) < 4.78 is 55.8. The maximum absolute atomic E-state index is 14.0. The highest BCUT2D eigenvalue weighted by Gasteiger charge is 2.67. The van der Waals surface area contributed by atoms with Gasteiger partial charge in [0, 0.05) is 0 Å². The Balaban J connectivity index is 2.00. The van der Waals surface area contributed by atoms with Crippen LogP contribution in [0.3, 0.4) is 0 Å². The van der Waals surface area contributed by atoms with Crippen molar-refractivity contribution in [3.05, 3.63) is 71.5 Å². The number of hydrogen-bond acceptors (Lipinski definition) is 3. The molecule has 0 radical (unpaired) electrons. The van der Waals surface area contributed by atoms with Gasteiger partial charge in [0.25, 0.3) is 11.8 Å². The number of hydrogen-bond donors (Lipinski definition) is 1. The van der Waals surface area contributed by atoms with Gasteiger partial charge < -0.3 is 5.32 Å². The van der Waals surface area contributed by atoms with E-state index < -0.39 is 41.1 Å². The Kier molecular flexibility index (Phi) is 5.16. The van der Waals surface area contributed by atoms with Gasteiger partial charge in [-0.05, 0) is 31.5 Å². The molecule has 3 rings (SSSR count). The normalized spacial score (nSPS) is 20.4. The summed E-state index contributed by atoms with van der Waals surface area (Å²) in [7, 11) is 0. The zero-order valence-electron chi connectivity index (χ0n) is 15.5. The molecule has 0 aliphatic carbocycles. The van der Waals surface area contributed by atoms with Crippen molar-refractivity contribution < 1.29 is 27.2 Å². The van der Waals surface area contributed by atoms with E-state index in [4.69, 9.17) is 0 Å². The molecular formula is C20H17F4N3O2. The fraction of sp³-hybridized carbons (Fsp3) is 0.250. The highest BCUT2D eigenvalue weighted by Crippen LogP contribution is 2.40. The van der Waals surface area contributed by atoms with Gasteiger partial charge in [0.15, 0.2) is 0 Å². The molecule has 2 amide bonds. The van der Waals surface area contributed by atoms with Crippen molar-refractivity contribution >= 4 is 17.6 Å². The maximum Gasteiger partial charge on any atom is 0.442 e. The SMILES string of the molecule is CC1=NC(NC(=O)c2ccccc2F)(C(F)(F)F)C(=O)N1C(C)c1ccccc1. The van der Waals surface area contributed by atoms with Crippen molar-refractivity contribution in [2.24, 2.45) is 4.99 Å². The number of nitrogens with zero attached hydrogens (tertiary/aromatic N) is 2. The molecule has 0 aromatic heterocycles. The molecule has 5 nitrogen and oxygen atoms in total. The molecule has 2 aromatic carbocycles. The minimum absolute atomic E-state index is 0.211. The van der Waals surface area contributed by atoms with Crippen LogP contribution in [0, 0.1) is 5.82 Å². The van der Waals surface area contributed by atoms with E-state index in [1.807, 2.05) is 0 Å². The van der Waals surface area contributed by atoms with Crippen molar-refractivity contribution in [2.45, 2.75) is 31.7 Å². The average Bonchev–Trinajstić information content (AvgIpc) is 2.92. The summed E-state index contributed by atoms with van der Waals surface area (Å²) in [6.45, 7) is 2.80. The van der Waals surface area contributed by atoms with Crippen LogP contribution in [0.15, 0.2) is 59.6 Å². The Hall–Kier alpha value is -3.23. The Labute approximate surface area is 164 Å². The smallest absolute Gasteiger partial charge is 0.312 e. The van der Waals surface area contributed by atoms with E-state index in [-0.39, 0.29) is 5.84 Å². The molecule has 0 saturated heterocycles. The van der Waals surface area contributed by atoms with E-state index in [1.54, 1.807) is 42.6 Å². The number of carbonyl (C=O) groups is 2. The van der Waals surface area contributed by atoms with Crippen LogP contribution in [0.2, 0.25) is 0 Å². The fourth-order valence-corrected chi connectivity index (χ4v) is 3.22. The molecule has 29 heavy (non-hydrogen) atoms. The van der Waals surface area contributed by atoms with Gasteiger partial charge in [0.2, 0.25) is 0 Å². The first-order chi connectivity index (χ1) is 13.6. The largest absolute Gasteiger partial charge is 0.442 e. The molecule has 1 N–H and O–H groups in total. The van der Waals surface area contributed by atoms with Gasteiger partial charge in [-0.1, -0.05) is 42.5 Å². The first-order valence-electron chi connectivity index (χ1n) is 8.67. The molecule has 2 aromatic rings. The summed E-state index contributed by atoms with van der Waals surface area (Å²) in [5.41, 5.74) is -3.56. The molecule has 2 atom stereocenters. The summed E-state index contributed by atoms with van der Waals surface area (Å²) in [6, 6.07) is 12.2. The van der Waals surface area contributed by atoms with Gasteiger partial charge in [-0.3, -0.25) is 14.5 Å². The third-order valence-corrected chi connectivity index (χ3v) is 4.70. The minimum Gasteiger partial charge on any atom is -0.312 e. The molecular weight excluding hydrogens is 390 g/mol. The third kappa shape index (κ3) is 3.48. The molecule has 0 fully saturated rings. The second kappa shape index (κ2) is 7.31. The summed E-state index contributed by atoms with van der Waals surface area (Å²) >= 11 is 0. The second-order valence-corrected chi connectivity index (χ2v) is 6.56. The predicted molar refractivity (Wildman–Crippen MR) is 97.5 cm³/mol. The zero-order valence-corrected chi connectivity index (χ0v) is 15.5. The number of alkyl halides is 3. The van der Waals surface area contributed by atoms with Gasteiger partial charge in [-0.25, -0.2) is 9.38 Å². The zero-order chi connectivity index (χ0) is 21.4. The molecule has 1 heterocycles. The Morgan fingerprint density at radius 2 is 1.69 bits per heavy atom. The Morgan fingerprint density at radius 3 is 2.28 bits per heavy atom. The third-order valence-electron chi connectivity index (χ3n) is 4.70. The molecule has 1 aliphatic heterocycles. The quantitative estimate of drug-likeness (QED) is 0.783. The molecule has 9 heteroatoms. The number of benzene rings is 2. The second-order valence-electron chi connectivity index (χ2n) is 6.56. The molecule has 0 spiro atoms. The summed E-state index contributed by atoms with van der Waals surface area (Å²) in [6.07, 6.45) is -5.24. The number of halogens is 4. The van der Waals surface area contributed by atoms with E-state index in [0.29, 0.717) is 5.56 Å².